The van der Waals surface area contributed by atoms with Crippen molar-refractivity contribution >= 4 is 11.9 Å². The van der Waals surface area contributed by atoms with Crippen molar-refractivity contribution in [2.75, 3.05) is 0 Å². The number of benzene rings is 1. The summed E-state index contributed by atoms with van der Waals surface area (Å²) < 4.78 is 0. The Hall–Kier alpha value is -1.88. The molecule has 1 aliphatic rings. The molecule has 0 fully saturated rings. The van der Waals surface area contributed by atoms with Crippen LogP contribution < -0.4 is 10.6 Å². The summed E-state index contributed by atoms with van der Waals surface area (Å²) >= 11 is 0. The van der Waals surface area contributed by atoms with Gasteiger partial charge in [-0.3, -0.25) is 4.79 Å². The fourth-order valence-electron chi connectivity index (χ4n) is 2.58. The molecule has 0 aliphatic carbocycles. The largest absolute Gasteiger partial charge is 0.480 e. The molecule has 1 aromatic carbocycles. The second-order valence-electron chi connectivity index (χ2n) is 5.45. The summed E-state index contributed by atoms with van der Waals surface area (Å²) in [6, 6.07) is 6.84. The molecule has 0 spiro atoms. The van der Waals surface area contributed by atoms with Gasteiger partial charge in [0.1, 0.15) is 6.04 Å². The van der Waals surface area contributed by atoms with E-state index in [1.807, 2.05) is 31.2 Å². The zero-order valence-corrected chi connectivity index (χ0v) is 12.3. The second-order valence-corrected chi connectivity index (χ2v) is 5.45. The van der Waals surface area contributed by atoms with Crippen LogP contribution in [0.4, 0.5) is 0 Å². The van der Waals surface area contributed by atoms with Gasteiger partial charge in [-0.2, -0.15) is 0 Å². The molecule has 1 aromatic rings. The van der Waals surface area contributed by atoms with Crippen LogP contribution in [0.25, 0.3) is 0 Å². The minimum Gasteiger partial charge on any atom is -0.480 e. The fraction of sp³-hybridized carbons (Fsp3) is 0.500. The lowest BCUT2D eigenvalue weighted by Gasteiger charge is -2.26. The molecule has 0 unspecified atom stereocenters. The first-order valence-electron chi connectivity index (χ1n) is 7.45. The first-order chi connectivity index (χ1) is 10.1. The van der Waals surface area contributed by atoms with Crippen LogP contribution in [0.2, 0.25) is 0 Å². The molecule has 1 heterocycles. The first-order valence-corrected chi connectivity index (χ1v) is 7.45. The molecule has 5 nitrogen and oxygen atoms in total. The molecule has 2 atom stereocenters. The van der Waals surface area contributed by atoms with Gasteiger partial charge < -0.3 is 15.7 Å². The number of carboxylic acid groups (broad SMARTS) is 1. The van der Waals surface area contributed by atoms with E-state index in [0.29, 0.717) is 19.4 Å². The Morgan fingerprint density at radius 2 is 2.10 bits per heavy atom. The Morgan fingerprint density at radius 1 is 1.38 bits per heavy atom. The Labute approximate surface area is 124 Å². The molecular weight excluding hydrogens is 268 g/mol. The Balaban J connectivity index is 1.96. The monoisotopic (exact) mass is 290 g/mol. The van der Waals surface area contributed by atoms with Gasteiger partial charge in [-0.15, -0.1) is 0 Å². The highest BCUT2D eigenvalue weighted by molar-refractivity contribution is 5.87. The molecular formula is C16H22N2O3. The molecule has 1 aliphatic heterocycles. The van der Waals surface area contributed by atoms with E-state index in [-0.39, 0.29) is 11.9 Å². The number of carbonyl (C=O) groups excluding carboxylic acids is 1. The highest BCUT2D eigenvalue weighted by Gasteiger charge is 2.27. The maximum atomic E-state index is 12.2. The van der Waals surface area contributed by atoms with Crippen LogP contribution in [-0.4, -0.2) is 29.1 Å². The molecule has 1 amide bonds. The molecule has 114 valence electrons. The van der Waals surface area contributed by atoms with Crippen molar-refractivity contribution in [3.05, 3.63) is 35.4 Å². The number of unbranched alkanes of at least 4 members (excludes halogenated alkanes) is 1. The number of aliphatic carboxylic acids is 1. The molecule has 3 N–H and O–H groups in total. The number of hydrogen-bond donors (Lipinski definition) is 3. The van der Waals surface area contributed by atoms with E-state index in [1.165, 1.54) is 5.56 Å². The highest BCUT2D eigenvalue weighted by Crippen LogP contribution is 2.16. The smallest absolute Gasteiger partial charge is 0.326 e. The average Bonchev–Trinajstić information content (AvgIpc) is 2.50. The van der Waals surface area contributed by atoms with E-state index in [1.54, 1.807) is 0 Å². The van der Waals surface area contributed by atoms with Gasteiger partial charge in [0.15, 0.2) is 0 Å². The molecule has 0 radical (unpaired) electrons. The van der Waals surface area contributed by atoms with Gasteiger partial charge in [-0.25, -0.2) is 4.79 Å². The van der Waals surface area contributed by atoms with Crippen molar-refractivity contribution < 1.29 is 14.7 Å². The lowest BCUT2D eigenvalue weighted by atomic mass is 9.95. The van der Waals surface area contributed by atoms with Crippen LogP contribution >= 0.6 is 0 Å². The van der Waals surface area contributed by atoms with Crippen molar-refractivity contribution in [2.45, 2.75) is 51.2 Å². The van der Waals surface area contributed by atoms with Crippen LogP contribution in [0.15, 0.2) is 24.3 Å². The molecule has 5 heteroatoms. The van der Waals surface area contributed by atoms with E-state index in [9.17, 15) is 9.59 Å². The van der Waals surface area contributed by atoms with Crippen molar-refractivity contribution in [3.63, 3.8) is 0 Å². The normalized spacial score (nSPS) is 18.6. The van der Waals surface area contributed by atoms with Crippen molar-refractivity contribution in [1.82, 2.24) is 10.6 Å². The maximum absolute atomic E-state index is 12.2. The van der Waals surface area contributed by atoms with Crippen molar-refractivity contribution in [2.24, 2.45) is 0 Å². The summed E-state index contributed by atoms with van der Waals surface area (Å²) in [6.45, 7) is 2.64. The van der Waals surface area contributed by atoms with Gasteiger partial charge in [-0.05, 0) is 24.0 Å². The van der Waals surface area contributed by atoms with Gasteiger partial charge in [0, 0.05) is 6.54 Å². The van der Waals surface area contributed by atoms with Gasteiger partial charge in [0.05, 0.1) is 6.04 Å². The van der Waals surface area contributed by atoms with Gasteiger partial charge in [0.2, 0.25) is 5.91 Å². The molecule has 21 heavy (non-hydrogen) atoms. The third-order valence-electron chi connectivity index (χ3n) is 3.86. The van der Waals surface area contributed by atoms with E-state index in [2.05, 4.69) is 10.6 Å². The number of amides is 1. The van der Waals surface area contributed by atoms with Gasteiger partial charge in [0.25, 0.3) is 0 Å². The predicted octanol–water partition coefficient (Wildman–Crippen LogP) is 1.46. The minimum atomic E-state index is -0.965. The van der Waals surface area contributed by atoms with Crippen LogP contribution in [0.3, 0.4) is 0 Å². The number of carbonyl (C=O) groups is 2. The Kier molecular flexibility index (Phi) is 5.33. The summed E-state index contributed by atoms with van der Waals surface area (Å²) in [4.78, 5) is 23.4. The second kappa shape index (κ2) is 7.22. The SMILES string of the molecule is CCCC[C@H](NC(=O)[C@H]1Cc2ccccc2CN1)C(=O)O. The number of rotatable bonds is 6. The summed E-state index contributed by atoms with van der Waals surface area (Å²) in [5.41, 5.74) is 2.35. The number of nitrogens with one attached hydrogen (secondary N) is 2. The predicted molar refractivity (Wildman–Crippen MR) is 79.9 cm³/mol. The lowest BCUT2D eigenvalue weighted by Crippen LogP contribution is -2.52. The third kappa shape index (κ3) is 4.04. The van der Waals surface area contributed by atoms with Gasteiger partial charge in [-0.1, -0.05) is 44.0 Å². The number of fused-ring (bicyclic) bond motifs is 1. The summed E-state index contributed by atoms with van der Waals surface area (Å²) in [6.07, 6.45) is 2.77. The minimum absolute atomic E-state index is 0.229. The van der Waals surface area contributed by atoms with E-state index in [0.717, 1.165) is 18.4 Å². The number of carboxylic acids is 1. The lowest BCUT2D eigenvalue weighted by molar-refractivity contribution is -0.142. The zero-order chi connectivity index (χ0) is 15.2. The highest BCUT2D eigenvalue weighted by atomic mass is 16.4. The van der Waals surface area contributed by atoms with Crippen LogP contribution in [0.1, 0.15) is 37.3 Å². The molecule has 0 saturated carbocycles. The third-order valence-corrected chi connectivity index (χ3v) is 3.86. The van der Waals surface area contributed by atoms with Gasteiger partial charge >= 0.3 is 5.97 Å². The molecule has 0 aromatic heterocycles. The van der Waals surface area contributed by atoms with Crippen LogP contribution in [0, 0.1) is 0 Å². The van der Waals surface area contributed by atoms with Crippen LogP contribution in [0.5, 0.6) is 0 Å². The standard InChI is InChI=1S/C16H22N2O3/c1-2-3-8-13(16(20)21)18-15(19)14-9-11-6-4-5-7-12(11)10-17-14/h4-7,13-14,17H,2-3,8-10H2,1H3,(H,18,19)(H,20,21)/t13-,14+/m0/s1. The zero-order valence-electron chi connectivity index (χ0n) is 12.3. The fourth-order valence-corrected chi connectivity index (χ4v) is 2.58. The molecule has 0 saturated heterocycles. The summed E-state index contributed by atoms with van der Waals surface area (Å²) in [7, 11) is 0. The average molecular weight is 290 g/mol. The quantitative estimate of drug-likeness (QED) is 0.741. The summed E-state index contributed by atoms with van der Waals surface area (Å²) in [5.74, 6) is -1.19. The van der Waals surface area contributed by atoms with E-state index >= 15 is 0 Å². The maximum Gasteiger partial charge on any atom is 0.326 e. The Morgan fingerprint density at radius 3 is 2.76 bits per heavy atom. The van der Waals surface area contributed by atoms with Crippen molar-refractivity contribution in [1.29, 1.82) is 0 Å². The number of hydrogen-bond acceptors (Lipinski definition) is 3. The van der Waals surface area contributed by atoms with E-state index < -0.39 is 12.0 Å². The molecule has 2 rings (SSSR count). The summed E-state index contributed by atoms with van der Waals surface area (Å²) in [5, 5.41) is 15.0. The van der Waals surface area contributed by atoms with E-state index in [4.69, 9.17) is 5.11 Å². The van der Waals surface area contributed by atoms with Crippen LogP contribution in [-0.2, 0) is 22.6 Å². The topological polar surface area (TPSA) is 78.4 Å². The Bertz CT molecular complexity index is 516. The molecule has 0 bridgehead atoms. The first kappa shape index (κ1) is 15.5. The van der Waals surface area contributed by atoms with Crippen molar-refractivity contribution in [3.8, 4) is 0 Å².